The smallest absolute Gasteiger partial charge is 0.136 e. The van der Waals surface area contributed by atoms with Gasteiger partial charge in [-0.1, -0.05) is 6.07 Å². The molecule has 0 fully saturated rings. The van der Waals surface area contributed by atoms with Gasteiger partial charge < -0.3 is 15.0 Å². The number of nitrogens with zero attached hydrogens (tertiary/aromatic N) is 2. The number of nitrogens with two attached hydrogens (primary N) is 1. The van der Waals surface area contributed by atoms with Crippen molar-refractivity contribution in [3.05, 3.63) is 24.0 Å². The SMILES string of the molecule is COCc1nc2c(N)cccc2n1C(C)C. The number of benzene rings is 1. The highest BCUT2D eigenvalue weighted by Crippen LogP contribution is 2.25. The molecule has 0 saturated heterocycles. The summed E-state index contributed by atoms with van der Waals surface area (Å²) in [6, 6.07) is 6.21. The van der Waals surface area contributed by atoms with Gasteiger partial charge in [-0.15, -0.1) is 0 Å². The number of ether oxygens (including phenoxy) is 1. The lowest BCUT2D eigenvalue weighted by Gasteiger charge is -2.12. The molecule has 86 valence electrons. The summed E-state index contributed by atoms with van der Waals surface area (Å²) in [6.07, 6.45) is 0. The van der Waals surface area contributed by atoms with Crippen LogP contribution in [0.2, 0.25) is 0 Å². The van der Waals surface area contributed by atoms with Crippen LogP contribution in [0.5, 0.6) is 0 Å². The molecule has 0 atom stereocenters. The minimum Gasteiger partial charge on any atom is -0.397 e. The second kappa shape index (κ2) is 4.14. The van der Waals surface area contributed by atoms with Crippen molar-refractivity contribution in [2.24, 2.45) is 0 Å². The fraction of sp³-hybridized carbons (Fsp3) is 0.417. The first-order valence-corrected chi connectivity index (χ1v) is 5.39. The summed E-state index contributed by atoms with van der Waals surface area (Å²) in [6.45, 7) is 4.76. The van der Waals surface area contributed by atoms with Crippen LogP contribution in [0.3, 0.4) is 0 Å². The van der Waals surface area contributed by atoms with Crippen molar-refractivity contribution in [1.82, 2.24) is 9.55 Å². The van der Waals surface area contributed by atoms with Crippen molar-refractivity contribution in [3.8, 4) is 0 Å². The molecule has 4 nitrogen and oxygen atoms in total. The highest BCUT2D eigenvalue weighted by Gasteiger charge is 2.14. The zero-order chi connectivity index (χ0) is 11.7. The highest BCUT2D eigenvalue weighted by molar-refractivity contribution is 5.87. The van der Waals surface area contributed by atoms with Crippen LogP contribution >= 0.6 is 0 Å². The summed E-state index contributed by atoms with van der Waals surface area (Å²) in [5, 5.41) is 0. The second-order valence-electron chi connectivity index (χ2n) is 4.14. The van der Waals surface area contributed by atoms with E-state index in [0.717, 1.165) is 16.9 Å². The van der Waals surface area contributed by atoms with Gasteiger partial charge in [0.15, 0.2) is 0 Å². The van der Waals surface area contributed by atoms with Crippen LogP contribution in [0, 0.1) is 0 Å². The first kappa shape index (κ1) is 11.0. The Kier molecular flexibility index (Phi) is 2.83. The number of hydrogen-bond donors (Lipinski definition) is 1. The minimum atomic E-state index is 0.344. The predicted octanol–water partition coefficient (Wildman–Crippen LogP) is 2.35. The largest absolute Gasteiger partial charge is 0.397 e. The number of nitrogen functional groups attached to an aromatic ring is 1. The molecule has 0 spiro atoms. The number of rotatable bonds is 3. The number of methoxy groups -OCH3 is 1. The van der Waals surface area contributed by atoms with Gasteiger partial charge in [-0.25, -0.2) is 4.98 Å². The first-order chi connectivity index (χ1) is 7.65. The molecule has 0 saturated carbocycles. The molecule has 0 aliphatic carbocycles. The van der Waals surface area contributed by atoms with Crippen LogP contribution in [0.25, 0.3) is 11.0 Å². The molecule has 2 aromatic rings. The summed E-state index contributed by atoms with van der Waals surface area (Å²) in [5.74, 6) is 0.922. The topological polar surface area (TPSA) is 53.1 Å². The molecule has 0 amide bonds. The van der Waals surface area contributed by atoms with Crippen LogP contribution in [-0.2, 0) is 11.3 Å². The van der Waals surface area contributed by atoms with Crippen molar-refractivity contribution in [1.29, 1.82) is 0 Å². The molecule has 0 unspecified atom stereocenters. The maximum atomic E-state index is 5.92. The molecule has 0 radical (unpaired) electrons. The zero-order valence-electron chi connectivity index (χ0n) is 9.90. The monoisotopic (exact) mass is 219 g/mol. The Labute approximate surface area is 95.0 Å². The van der Waals surface area contributed by atoms with Crippen LogP contribution < -0.4 is 5.73 Å². The summed E-state index contributed by atoms with van der Waals surface area (Å²) in [7, 11) is 1.67. The molecular weight excluding hydrogens is 202 g/mol. The van der Waals surface area contributed by atoms with E-state index in [4.69, 9.17) is 10.5 Å². The van der Waals surface area contributed by atoms with Crippen molar-refractivity contribution in [2.75, 3.05) is 12.8 Å². The van der Waals surface area contributed by atoms with E-state index in [-0.39, 0.29) is 0 Å². The van der Waals surface area contributed by atoms with Gasteiger partial charge >= 0.3 is 0 Å². The van der Waals surface area contributed by atoms with Gasteiger partial charge in [0.1, 0.15) is 17.9 Å². The Bertz CT molecular complexity index is 502. The summed E-state index contributed by atoms with van der Waals surface area (Å²) >= 11 is 0. The summed E-state index contributed by atoms with van der Waals surface area (Å²) in [5.41, 5.74) is 8.57. The van der Waals surface area contributed by atoms with Gasteiger partial charge in [0.2, 0.25) is 0 Å². The van der Waals surface area contributed by atoms with E-state index in [1.807, 2.05) is 18.2 Å². The third-order valence-electron chi connectivity index (χ3n) is 2.61. The lowest BCUT2D eigenvalue weighted by atomic mass is 10.2. The minimum absolute atomic E-state index is 0.344. The van der Waals surface area contributed by atoms with Gasteiger partial charge in [-0.2, -0.15) is 0 Å². The number of aromatic nitrogens is 2. The predicted molar refractivity (Wildman–Crippen MR) is 65.2 cm³/mol. The average Bonchev–Trinajstić information content (AvgIpc) is 2.58. The van der Waals surface area contributed by atoms with E-state index in [9.17, 15) is 0 Å². The molecule has 0 aliphatic rings. The number of hydrogen-bond acceptors (Lipinski definition) is 3. The Morgan fingerprint density at radius 1 is 1.44 bits per heavy atom. The van der Waals surface area contributed by atoms with E-state index in [1.54, 1.807) is 7.11 Å². The maximum absolute atomic E-state index is 5.92. The van der Waals surface area contributed by atoms with Gasteiger partial charge in [0, 0.05) is 13.2 Å². The molecular formula is C12H17N3O. The number of imidazole rings is 1. The van der Waals surface area contributed by atoms with E-state index in [1.165, 1.54) is 0 Å². The Balaban J connectivity index is 2.70. The van der Waals surface area contributed by atoms with Crippen molar-refractivity contribution in [3.63, 3.8) is 0 Å². The fourth-order valence-electron chi connectivity index (χ4n) is 1.99. The van der Waals surface area contributed by atoms with E-state index < -0.39 is 0 Å². The molecule has 2 N–H and O–H groups in total. The van der Waals surface area contributed by atoms with Crippen molar-refractivity contribution >= 4 is 16.7 Å². The second-order valence-corrected chi connectivity index (χ2v) is 4.14. The van der Waals surface area contributed by atoms with E-state index in [2.05, 4.69) is 23.4 Å². The summed E-state index contributed by atoms with van der Waals surface area (Å²) < 4.78 is 7.33. The van der Waals surface area contributed by atoms with Crippen molar-refractivity contribution in [2.45, 2.75) is 26.5 Å². The first-order valence-electron chi connectivity index (χ1n) is 5.39. The van der Waals surface area contributed by atoms with Crippen LogP contribution in [0.15, 0.2) is 18.2 Å². The van der Waals surface area contributed by atoms with Gasteiger partial charge in [0.25, 0.3) is 0 Å². The molecule has 1 heterocycles. The number of para-hydroxylation sites is 1. The van der Waals surface area contributed by atoms with Crippen molar-refractivity contribution < 1.29 is 4.74 Å². The number of fused-ring (bicyclic) bond motifs is 1. The average molecular weight is 219 g/mol. The third kappa shape index (κ3) is 1.65. The molecule has 16 heavy (non-hydrogen) atoms. The normalized spacial score (nSPS) is 11.5. The van der Waals surface area contributed by atoms with E-state index in [0.29, 0.717) is 18.3 Å². The molecule has 0 bridgehead atoms. The Morgan fingerprint density at radius 2 is 2.19 bits per heavy atom. The van der Waals surface area contributed by atoms with E-state index >= 15 is 0 Å². The van der Waals surface area contributed by atoms with Gasteiger partial charge in [-0.3, -0.25) is 0 Å². The summed E-state index contributed by atoms with van der Waals surface area (Å²) in [4.78, 5) is 4.54. The Hall–Kier alpha value is -1.55. The fourth-order valence-corrected chi connectivity index (χ4v) is 1.99. The molecule has 1 aromatic carbocycles. The Morgan fingerprint density at radius 3 is 2.81 bits per heavy atom. The van der Waals surface area contributed by atoms with Crippen LogP contribution in [-0.4, -0.2) is 16.7 Å². The lowest BCUT2D eigenvalue weighted by molar-refractivity contribution is 0.173. The quantitative estimate of drug-likeness (QED) is 0.806. The molecule has 1 aromatic heterocycles. The van der Waals surface area contributed by atoms with Crippen LogP contribution in [0.1, 0.15) is 25.7 Å². The number of anilines is 1. The maximum Gasteiger partial charge on any atom is 0.136 e. The molecule has 0 aliphatic heterocycles. The molecule has 2 rings (SSSR count). The molecule has 4 heteroatoms. The van der Waals surface area contributed by atoms with Gasteiger partial charge in [-0.05, 0) is 26.0 Å². The lowest BCUT2D eigenvalue weighted by Crippen LogP contribution is -2.06. The van der Waals surface area contributed by atoms with Crippen LogP contribution in [0.4, 0.5) is 5.69 Å². The standard InChI is InChI=1S/C12H17N3O/c1-8(2)15-10-6-4-5-9(13)12(10)14-11(15)7-16-3/h4-6,8H,7,13H2,1-3H3. The third-order valence-corrected chi connectivity index (χ3v) is 2.61. The zero-order valence-corrected chi connectivity index (χ0v) is 9.90. The van der Waals surface area contributed by atoms with Gasteiger partial charge in [0.05, 0.1) is 11.2 Å². The highest BCUT2D eigenvalue weighted by atomic mass is 16.5.